The van der Waals surface area contributed by atoms with Crippen LogP contribution in [-0.2, 0) is 21.4 Å². The van der Waals surface area contributed by atoms with Crippen LogP contribution in [0, 0.1) is 0 Å². The maximum atomic E-state index is 12.5. The number of methoxy groups -OCH3 is 1. The number of hydrogen-bond acceptors (Lipinski definition) is 7. The SMILES string of the molecule is COc1ccc(S(=O)(=O)N(O)C(CCn2c(=O)cc[nH]c2=O)C(N)=O)cc1. The molecule has 11 nitrogen and oxygen atoms in total. The van der Waals surface area contributed by atoms with Crippen molar-refractivity contribution in [2.75, 3.05) is 7.11 Å². The van der Waals surface area contributed by atoms with Crippen molar-refractivity contribution >= 4 is 15.9 Å². The Morgan fingerprint density at radius 2 is 1.93 bits per heavy atom. The molecule has 1 atom stereocenters. The molecule has 0 spiro atoms. The third-order valence-electron chi connectivity index (χ3n) is 3.77. The molecule has 0 aliphatic rings. The van der Waals surface area contributed by atoms with E-state index in [1.165, 1.54) is 31.4 Å². The molecule has 0 saturated heterocycles. The fourth-order valence-electron chi connectivity index (χ4n) is 2.30. The monoisotopic (exact) mass is 398 g/mol. The van der Waals surface area contributed by atoms with Gasteiger partial charge in [-0.1, -0.05) is 4.47 Å². The van der Waals surface area contributed by atoms with Crippen molar-refractivity contribution < 1.29 is 23.2 Å². The first-order valence-electron chi connectivity index (χ1n) is 7.63. The molecule has 2 aromatic rings. The zero-order chi connectivity index (χ0) is 20.2. The van der Waals surface area contributed by atoms with Crippen molar-refractivity contribution in [3.05, 3.63) is 57.4 Å². The number of benzene rings is 1. The lowest BCUT2D eigenvalue weighted by molar-refractivity contribution is -0.131. The fraction of sp³-hybridized carbons (Fsp3) is 0.267. The molecule has 0 radical (unpaired) electrons. The van der Waals surface area contributed by atoms with Crippen LogP contribution in [0.15, 0.2) is 51.0 Å². The molecular weight excluding hydrogens is 380 g/mol. The van der Waals surface area contributed by atoms with Gasteiger partial charge in [-0.3, -0.25) is 19.4 Å². The summed E-state index contributed by atoms with van der Waals surface area (Å²) in [6.07, 6.45) is 0.757. The number of nitrogens with two attached hydrogens (primary N) is 1. The van der Waals surface area contributed by atoms with Crippen molar-refractivity contribution in [3.63, 3.8) is 0 Å². The van der Waals surface area contributed by atoms with Crippen molar-refractivity contribution in [1.29, 1.82) is 0 Å². The van der Waals surface area contributed by atoms with E-state index in [0.29, 0.717) is 5.75 Å². The number of ether oxygens (including phenoxy) is 1. The lowest BCUT2D eigenvalue weighted by Crippen LogP contribution is -2.47. The molecule has 1 heterocycles. The van der Waals surface area contributed by atoms with Gasteiger partial charge in [0.05, 0.1) is 12.0 Å². The number of primary amides is 1. The molecule has 0 aliphatic carbocycles. The normalized spacial score (nSPS) is 12.7. The van der Waals surface area contributed by atoms with E-state index in [4.69, 9.17) is 10.5 Å². The number of sulfonamides is 1. The van der Waals surface area contributed by atoms with Crippen molar-refractivity contribution in [2.45, 2.75) is 23.9 Å². The lowest BCUT2D eigenvalue weighted by atomic mass is 10.2. The summed E-state index contributed by atoms with van der Waals surface area (Å²) in [5, 5.41) is 10.1. The van der Waals surface area contributed by atoms with Gasteiger partial charge >= 0.3 is 5.69 Å². The van der Waals surface area contributed by atoms with Crippen LogP contribution in [0.5, 0.6) is 5.75 Å². The average Bonchev–Trinajstić information content (AvgIpc) is 2.63. The van der Waals surface area contributed by atoms with Crippen molar-refractivity contribution in [1.82, 2.24) is 14.0 Å². The molecule has 0 bridgehead atoms. The van der Waals surface area contributed by atoms with E-state index in [-0.39, 0.29) is 15.9 Å². The number of hydroxylamine groups is 1. The topological polar surface area (TPSA) is 165 Å². The first kappa shape index (κ1) is 20.4. The van der Waals surface area contributed by atoms with Gasteiger partial charge in [-0.15, -0.1) is 0 Å². The van der Waals surface area contributed by atoms with E-state index < -0.39 is 39.6 Å². The van der Waals surface area contributed by atoms with Gasteiger partial charge < -0.3 is 15.5 Å². The molecule has 1 aromatic heterocycles. The lowest BCUT2D eigenvalue weighted by Gasteiger charge is -2.23. The first-order chi connectivity index (χ1) is 12.7. The third-order valence-corrected chi connectivity index (χ3v) is 5.38. The molecule has 1 unspecified atom stereocenters. The zero-order valence-electron chi connectivity index (χ0n) is 14.2. The minimum atomic E-state index is -4.47. The fourth-order valence-corrected chi connectivity index (χ4v) is 3.54. The second kappa shape index (κ2) is 8.16. The number of carbonyl (C=O) groups is 1. The number of aromatic nitrogens is 2. The Balaban J connectivity index is 2.28. The van der Waals surface area contributed by atoms with E-state index in [1.54, 1.807) is 0 Å². The van der Waals surface area contributed by atoms with Gasteiger partial charge in [-0.05, 0) is 30.7 Å². The van der Waals surface area contributed by atoms with Gasteiger partial charge in [-0.25, -0.2) is 13.2 Å². The van der Waals surface area contributed by atoms with E-state index in [2.05, 4.69) is 4.98 Å². The molecule has 0 aliphatic heterocycles. The number of amides is 1. The Labute approximate surface area is 153 Å². The van der Waals surface area contributed by atoms with Gasteiger partial charge in [0.2, 0.25) is 5.91 Å². The highest BCUT2D eigenvalue weighted by molar-refractivity contribution is 7.89. The highest BCUT2D eigenvalue weighted by Gasteiger charge is 2.34. The van der Waals surface area contributed by atoms with Crippen LogP contribution in [0.1, 0.15) is 6.42 Å². The van der Waals surface area contributed by atoms with Crippen LogP contribution in [0.2, 0.25) is 0 Å². The molecule has 2 rings (SSSR count). The Hall–Kier alpha value is -2.96. The van der Waals surface area contributed by atoms with Gasteiger partial charge in [0.15, 0.2) is 0 Å². The number of nitrogens with one attached hydrogen (secondary N) is 1. The number of carbonyl (C=O) groups excluding carboxylic acids is 1. The van der Waals surface area contributed by atoms with Gasteiger partial charge in [0.25, 0.3) is 15.6 Å². The van der Waals surface area contributed by atoms with E-state index in [1.807, 2.05) is 0 Å². The predicted octanol–water partition coefficient (Wildman–Crippen LogP) is -1.13. The summed E-state index contributed by atoms with van der Waals surface area (Å²) in [5.41, 5.74) is 3.81. The molecule has 27 heavy (non-hydrogen) atoms. The molecule has 1 aromatic carbocycles. The Morgan fingerprint density at radius 1 is 1.30 bits per heavy atom. The minimum Gasteiger partial charge on any atom is -0.497 e. The summed E-state index contributed by atoms with van der Waals surface area (Å²) in [5.74, 6) is -0.748. The minimum absolute atomic E-state index is 0.167. The summed E-state index contributed by atoms with van der Waals surface area (Å²) in [6, 6.07) is 4.49. The maximum absolute atomic E-state index is 12.5. The van der Waals surface area contributed by atoms with E-state index in [9.17, 15) is 28.0 Å². The second-order valence-corrected chi connectivity index (χ2v) is 7.23. The third kappa shape index (κ3) is 4.42. The van der Waals surface area contributed by atoms with E-state index in [0.717, 1.165) is 16.8 Å². The Bertz CT molecular complexity index is 999. The van der Waals surface area contributed by atoms with Crippen molar-refractivity contribution in [3.8, 4) is 5.75 Å². The molecule has 146 valence electrons. The summed E-state index contributed by atoms with van der Waals surface area (Å²) in [4.78, 5) is 37.0. The average molecular weight is 398 g/mol. The second-order valence-electron chi connectivity index (χ2n) is 5.43. The Morgan fingerprint density at radius 3 is 2.44 bits per heavy atom. The van der Waals surface area contributed by atoms with Crippen molar-refractivity contribution in [2.24, 2.45) is 5.73 Å². The summed E-state index contributed by atoms with van der Waals surface area (Å²) >= 11 is 0. The van der Waals surface area contributed by atoms with Gasteiger partial charge in [0, 0.05) is 18.8 Å². The molecule has 4 N–H and O–H groups in total. The number of nitrogens with zero attached hydrogens (tertiary/aromatic N) is 2. The van der Waals surface area contributed by atoms with Gasteiger partial charge in [-0.2, -0.15) is 0 Å². The molecule has 0 saturated carbocycles. The maximum Gasteiger partial charge on any atom is 0.328 e. The number of hydrogen-bond donors (Lipinski definition) is 3. The first-order valence-corrected chi connectivity index (χ1v) is 9.07. The van der Waals surface area contributed by atoms with Crippen LogP contribution < -0.4 is 21.7 Å². The molecule has 0 fully saturated rings. The molecular formula is C15H18N4O7S. The van der Waals surface area contributed by atoms with Crippen LogP contribution in [-0.4, -0.2) is 46.7 Å². The Kier molecular flexibility index (Phi) is 6.15. The summed E-state index contributed by atoms with van der Waals surface area (Å²) in [7, 11) is -3.07. The smallest absolute Gasteiger partial charge is 0.328 e. The molecule has 12 heteroatoms. The number of rotatable bonds is 8. The van der Waals surface area contributed by atoms with Gasteiger partial charge in [0.1, 0.15) is 11.8 Å². The number of H-pyrrole nitrogens is 1. The van der Waals surface area contributed by atoms with E-state index >= 15 is 0 Å². The quantitative estimate of drug-likeness (QED) is 0.473. The largest absolute Gasteiger partial charge is 0.497 e. The predicted molar refractivity (Wildman–Crippen MR) is 92.7 cm³/mol. The standard InChI is InChI=1S/C15H18N4O7S/c1-26-10-2-4-11(5-3-10)27(24,25)19(23)12(14(16)21)7-9-18-13(20)6-8-17-15(18)22/h2-6,8,12,23H,7,9H2,1H3,(H2,16,21)(H,17,22). The number of aromatic amines is 1. The van der Waals surface area contributed by atoms with Crippen LogP contribution in [0.4, 0.5) is 0 Å². The highest BCUT2D eigenvalue weighted by Crippen LogP contribution is 2.20. The molecule has 1 amide bonds. The van der Waals surface area contributed by atoms with Crippen LogP contribution in [0.3, 0.4) is 0 Å². The highest BCUT2D eigenvalue weighted by atomic mass is 32.2. The summed E-state index contributed by atoms with van der Waals surface area (Å²) < 4.78 is 30.5. The zero-order valence-corrected chi connectivity index (χ0v) is 15.0. The van der Waals surface area contributed by atoms with Crippen LogP contribution in [0.25, 0.3) is 0 Å². The summed E-state index contributed by atoms with van der Waals surface area (Å²) in [6.45, 7) is -0.336. The van der Waals surface area contributed by atoms with Crippen LogP contribution >= 0.6 is 0 Å².